The smallest absolute Gasteiger partial charge is 0.309 e. The Bertz CT molecular complexity index is 1020. The van der Waals surface area contributed by atoms with Crippen molar-refractivity contribution in [1.29, 1.82) is 0 Å². The van der Waals surface area contributed by atoms with Crippen molar-refractivity contribution in [2.24, 2.45) is 17.3 Å². The highest BCUT2D eigenvalue weighted by molar-refractivity contribution is 7.09. The molecule has 0 amide bonds. The Morgan fingerprint density at radius 3 is 2.59 bits per heavy atom. The second-order valence-electron chi connectivity index (χ2n) is 11.4. The number of hydrogen-bond donors (Lipinski definition) is 2. The molecule has 0 aromatic carbocycles. The number of esters is 1. The standard InChI is InChI=1S/C28H40ClNO6S/c1-5-19-25(33)16(2)8-6-9-27(4)23(36-27)13-21(20(29)12-18-15-37-17(3)30-18)35-24(32)14-22(31)28(26(19)34)10-7-11-28/h12,15-16,19,21-23,25,31,33H,5-11,13-14H2,1-4H3/b20-12-. The highest BCUT2D eigenvalue weighted by atomic mass is 35.5. The van der Waals surface area contributed by atoms with Crippen LogP contribution in [0, 0.1) is 24.2 Å². The number of cyclic esters (lactones) is 1. The third kappa shape index (κ3) is 6.14. The summed E-state index contributed by atoms with van der Waals surface area (Å²) in [5.41, 5.74) is -0.661. The fourth-order valence-electron chi connectivity index (χ4n) is 6.06. The summed E-state index contributed by atoms with van der Waals surface area (Å²) in [6.45, 7) is 7.84. The normalized spacial score (nSPS) is 37.5. The van der Waals surface area contributed by atoms with Gasteiger partial charge in [0.2, 0.25) is 0 Å². The van der Waals surface area contributed by atoms with E-state index in [1.165, 1.54) is 11.3 Å². The molecule has 3 heterocycles. The SMILES string of the molecule is CCC1C(=O)C2(CCC2)C(O)CC(=O)OC(/C(Cl)=C/c2csc(C)n2)CC2OC2(C)CCCC(C)C1O. The van der Waals surface area contributed by atoms with Gasteiger partial charge in [-0.3, -0.25) is 9.59 Å². The van der Waals surface area contributed by atoms with Crippen LogP contribution in [0.1, 0.15) is 89.3 Å². The number of aliphatic hydroxyl groups is 2. The lowest BCUT2D eigenvalue weighted by molar-refractivity contribution is -0.162. The highest BCUT2D eigenvalue weighted by Crippen LogP contribution is 2.49. The van der Waals surface area contributed by atoms with Crippen LogP contribution in [0.5, 0.6) is 0 Å². The molecular formula is C28H40ClNO6S. The van der Waals surface area contributed by atoms with Crippen LogP contribution in [0.2, 0.25) is 0 Å². The number of epoxide rings is 1. The van der Waals surface area contributed by atoms with Crippen molar-refractivity contribution >= 4 is 40.8 Å². The van der Waals surface area contributed by atoms with Gasteiger partial charge in [0.25, 0.3) is 0 Å². The first kappa shape index (κ1) is 28.7. The molecule has 1 saturated carbocycles. The van der Waals surface area contributed by atoms with E-state index in [2.05, 4.69) is 4.98 Å². The maximum absolute atomic E-state index is 13.7. The summed E-state index contributed by atoms with van der Waals surface area (Å²) in [7, 11) is 0. The molecule has 206 valence electrons. The topological polar surface area (TPSA) is 109 Å². The summed E-state index contributed by atoms with van der Waals surface area (Å²) >= 11 is 8.18. The third-order valence-electron chi connectivity index (χ3n) is 8.81. The van der Waals surface area contributed by atoms with E-state index in [9.17, 15) is 19.8 Å². The van der Waals surface area contributed by atoms with E-state index >= 15 is 0 Å². The van der Waals surface area contributed by atoms with Crippen LogP contribution < -0.4 is 0 Å². The maximum Gasteiger partial charge on any atom is 0.309 e. The van der Waals surface area contributed by atoms with Gasteiger partial charge in [0.15, 0.2) is 0 Å². The fraction of sp³-hybridized carbons (Fsp3) is 0.750. The maximum atomic E-state index is 13.7. The van der Waals surface area contributed by atoms with Gasteiger partial charge in [-0.2, -0.15) is 0 Å². The zero-order chi connectivity index (χ0) is 27.0. The number of Topliss-reactive ketones (excluding diaryl/α,β-unsaturated/α-hetero) is 1. The summed E-state index contributed by atoms with van der Waals surface area (Å²) in [5, 5.41) is 25.4. The van der Waals surface area contributed by atoms with Gasteiger partial charge in [0.1, 0.15) is 11.9 Å². The summed E-state index contributed by atoms with van der Waals surface area (Å²) in [6.07, 6.45) is 3.75. The molecule has 3 fully saturated rings. The number of aryl methyl sites for hydroxylation is 1. The molecule has 7 unspecified atom stereocenters. The van der Waals surface area contributed by atoms with Crippen molar-refractivity contribution in [3.63, 3.8) is 0 Å². The van der Waals surface area contributed by atoms with Crippen molar-refractivity contribution in [3.8, 4) is 0 Å². The molecule has 1 aliphatic carbocycles. The number of hydrogen-bond acceptors (Lipinski definition) is 8. The van der Waals surface area contributed by atoms with Gasteiger partial charge in [-0.15, -0.1) is 11.3 Å². The van der Waals surface area contributed by atoms with Gasteiger partial charge in [-0.1, -0.05) is 38.3 Å². The average Bonchev–Trinajstić information content (AvgIpc) is 3.24. The molecule has 1 spiro atoms. The Morgan fingerprint density at radius 1 is 1.27 bits per heavy atom. The van der Waals surface area contributed by atoms with Gasteiger partial charge in [-0.25, -0.2) is 4.98 Å². The molecule has 2 N–H and O–H groups in total. The van der Waals surface area contributed by atoms with Crippen molar-refractivity contribution in [2.75, 3.05) is 0 Å². The zero-order valence-corrected chi connectivity index (χ0v) is 23.8. The lowest BCUT2D eigenvalue weighted by Gasteiger charge is -2.46. The van der Waals surface area contributed by atoms with Gasteiger partial charge in [0, 0.05) is 17.7 Å². The molecule has 0 radical (unpaired) electrons. The van der Waals surface area contributed by atoms with E-state index in [1.807, 2.05) is 33.1 Å². The lowest BCUT2D eigenvalue weighted by Crippen LogP contribution is -2.53. The predicted octanol–water partition coefficient (Wildman–Crippen LogP) is 5.19. The molecule has 4 rings (SSSR count). The number of ether oxygens (including phenoxy) is 2. The highest BCUT2D eigenvalue weighted by Gasteiger charge is 2.55. The minimum absolute atomic E-state index is 0.0615. The van der Waals surface area contributed by atoms with Crippen molar-refractivity contribution in [2.45, 2.75) is 115 Å². The Labute approximate surface area is 228 Å². The number of aromatic nitrogens is 1. The van der Waals surface area contributed by atoms with Crippen LogP contribution in [0.3, 0.4) is 0 Å². The minimum Gasteiger partial charge on any atom is -0.456 e. The third-order valence-corrected chi connectivity index (χ3v) is 9.95. The number of carbonyl (C=O) groups is 2. The van der Waals surface area contributed by atoms with Crippen LogP contribution >= 0.6 is 22.9 Å². The van der Waals surface area contributed by atoms with Crippen molar-refractivity contribution in [1.82, 2.24) is 4.98 Å². The van der Waals surface area contributed by atoms with Crippen molar-refractivity contribution < 1.29 is 29.3 Å². The number of rotatable bonds is 3. The van der Waals surface area contributed by atoms with Crippen LogP contribution in [-0.2, 0) is 19.1 Å². The molecule has 7 atom stereocenters. The van der Waals surface area contributed by atoms with Gasteiger partial charge >= 0.3 is 5.97 Å². The number of halogens is 1. The average molecular weight is 554 g/mol. The number of carbonyl (C=O) groups excluding carboxylic acids is 2. The summed E-state index contributed by atoms with van der Waals surface area (Å²) in [6, 6.07) is 0. The number of nitrogens with zero attached hydrogens (tertiary/aromatic N) is 1. The zero-order valence-electron chi connectivity index (χ0n) is 22.2. The van der Waals surface area contributed by atoms with Crippen LogP contribution in [0.25, 0.3) is 6.08 Å². The number of aliphatic hydroxyl groups excluding tert-OH is 2. The second-order valence-corrected chi connectivity index (χ2v) is 12.9. The largest absolute Gasteiger partial charge is 0.456 e. The van der Waals surface area contributed by atoms with E-state index < -0.39 is 35.6 Å². The monoisotopic (exact) mass is 553 g/mol. The van der Waals surface area contributed by atoms with Crippen LogP contribution in [0.4, 0.5) is 0 Å². The van der Waals surface area contributed by atoms with E-state index in [4.69, 9.17) is 21.1 Å². The first-order valence-electron chi connectivity index (χ1n) is 13.6. The minimum atomic E-state index is -1.17. The first-order chi connectivity index (χ1) is 17.5. The molecular weight excluding hydrogens is 514 g/mol. The first-order valence-corrected chi connectivity index (χ1v) is 14.8. The Kier molecular flexibility index (Phi) is 8.86. The molecule has 3 aliphatic rings. The van der Waals surface area contributed by atoms with Crippen molar-refractivity contribution in [3.05, 3.63) is 21.1 Å². The Hall–Kier alpha value is -1.32. The number of fused-ring (bicyclic) bond motifs is 1. The van der Waals surface area contributed by atoms with E-state index in [0.29, 0.717) is 36.4 Å². The van der Waals surface area contributed by atoms with E-state index in [0.717, 1.165) is 30.7 Å². The lowest BCUT2D eigenvalue weighted by atomic mass is 9.58. The summed E-state index contributed by atoms with van der Waals surface area (Å²) in [4.78, 5) is 31.2. The van der Waals surface area contributed by atoms with Gasteiger partial charge < -0.3 is 19.7 Å². The van der Waals surface area contributed by atoms with Crippen LogP contribution in [-0.4, -0.2) is 57.0 Å². The quantitative estimate of drug-likeness (QED) is 0.391. The van der Waals surface area contributed by atoms with Gasteiger partial charge in [0.05, 0.1) is 51.5 Å². The molecule has 9 heteroatoms. The molecule has 2 saturated heterocycles. The second kappa shape index (κ2) is 11.4. The van der Waals surface area contributed by atoms with E-state index in [-0.39, 0.29) is 29.8 Å². The predicted molar refractivity (Wildman–Crippen MR) is 143 cm³/mol. The number of thiazole rings is 1. The molecule has 1 aromatic heterocycles. The Balaban J connectivity index is 1.59. The fourth-order valence-corrected chi connectivity index (χ4v) is 6.87. The molecule has 1 aromatic rings. The van der Waals surface area contributed by atoms with E-state index in [1.54, 1.807) is 6.08 Å². The summed E-state index contributed by atoms with van der Waals surface area (Å²) < 4.78 is 11.9. The Morgan fingerprint density at radius 2 is 2.00 bits per heavy atom. The van der Waals surface area contributed by atoms with Crippen LogP contribution in [0.15, 0.2) is 10.4 Å². The van der Waals surface area contributed by atoms with Gasteiger partial charge in [-0.05, 0) is 57.9 Å². The molecule has 37 heavy (non-hydrogen) atoms. The molecule has 2 aliphatic heterocycles. The molecule has 0 bridgehead atoms. The number of ketones is 1. The molecule has 7 nitrogen and oxygen atoms in total. The summed E-state index contributed by atoms with van der Waals surface area (Å²) in [5.74, 6) is -1.36.